The number of ether oxygens (including phenoxy) is 1. The van der Waals surface area contributed by atoms with Crippen LogP contribution < -0.4 is 20.7 Å². The zero-order valence-electron chi connectivity index (χ0n) is 22.5. The zero-order chi connectivity index (χ0) is 31.9. The highest BCUT2D eigenvalue weighted by atomic mass is 19.4. The van der Waals surface area contributed by atoms with Crippen molar-refractivity contribution in [3.8, 4) is 0 Å². The first-order chi connectivity index (χ1) is 20.0. The summed E-state index contributed by atoms with van der Waals surface area (Å²) >= 11 is 0. The first-order valence-corrected chi connectivity index (χ1v) is 12.7. The number of H-pyrrole nitrogens is 1. The molecule has 0 bridgehead atoms. The second-order valence-electron chi connectivity index (χ2n) is 9.86. The van der Waals surface area contributed by atoms with Crippen molar-refractivity contribution in [1.29, 1.82) is 0 Å². The average Bonchev–Trinajstić information content (AvgIpc) is 2.91. The van der Waals surface area contributed by atoms with E-state index in [0.717, 1.165) is 13.2 Å². The summed E-state index contributed by atoms with van der Waals surface area (Å²) in [7, 11) is 1.06. The summed E-state index contributed by atoms with van der Waals surface area (Å²) in [5, 5.41) is 7.57. The number of fused-ring (bicyclic) bond motifs is 3. The molecule has 0 radical (unpaired) electrons. The first kappa shape index (κ1) is 31.9. The number of aromatic amines is 1. The van der Waals surface area contributed by atoms with Crippen molar-refractivity contribution >= 4 is 29.0 Å². The topological polar surface area (TPSA) is 124 Å². The standard InChI is InChI=1S/C24H25F8N7O4/c1-11(35-13-8-34-36-21(41)17(13)24(30,31)32)10-43-6-3-15(40)38-4-5-39-14(9-38)22(42)37(2)18-16(19(25)26)12(23(27,28)29)7-33-20(18)39/h7-8,11,14,19H,3-6,9-10H2,1-2H3,(H2,35,36,41)/t11-,14-/m0/s1. The number of anilines is 3. The molecule has 2 amide bonds. The van der Waals surface area contributed by atoms with Crippen LogP contribution in [-0.2, 0) is 26.7 Å². The number of carbonyl (C=O) groups is 2. The van der Waals surface area contributed by atoms with Gasteiger partial charge in [0.05, 0.1) is 54.9 Å². The third-order valence-corrected chi connectivity index (χ3v) is 6.92. The molecule has 2 N–H and O–H groups in total. The molecule has 19 heteroatoms. The Morgan fingerprint density at radius 3 is 2.47 bits per heavy atom. The predicted molar refractivity (Wildman–Crippen MR) is 134 cm³/mol. The van der Waals surface area contributed by atoms with E-state index in [4.69, 9.17) is 4.74 Å². The summed E-state index contributed by atoms with van der Waals surface area (Å²) in [6, 6.07) is -1.80. The van der Waals surface area contributed by atoms with Crippen LogP contribution in [0.25, 0.3) is 0 Å². The van der Waals surface area contributed by atoms with Gasteiger partial charge in [-0.15, -0.1) is 0 Å². The van der Waals surface area contributed by atoms with Crippen molar-refractivity contribution < 1.29 is 49.4 Å². The Morgan fingerprint density at radius 1 is 1.14 bits per heavy atom. The lowest BCUT2D eigenvalue weighted by Crippen LogP contribution is -2.63. The van der Waals surface area contributed by atoms with E-state index in [2.05, 4.69) is 15.4 Å². The van der Waals surface area contributed by atoms with Crippen LogP contribution in [0.1, 0.15) is 36.5 Å². The maximum absolute atomic E-state index is 13.8. The largest absolute Gasteiger partial charge is 0.423 e. The summed E-state index contributed by atoms with van der Waals surface area (Å²) in [6.07, 6.45) is -12.7. The molecule has 0 aromatic carbocycles. The molecule has 4 rings (SSSR count). The van der Waals surface area contributed by atoms with Crippen LogP contribution in [0.3, 0.4) is 0 Å². The number of nitrogens with one attached hydrogen (secondary N) is 2. The Hall–Kier alpha value is -4.03. The van der Waals surface area contributed by atoms with E-state index < -0.39 is 76.3 Å². The molecular weight excluding hydrogens is 602 g/mol. The normalized spacial score (nSPS) is 18.1. The Kier molecular flexibility index (Phi) is 8.85. The maximum atomic E-state index is 13.8. The summed E-state index contributed by atoms with van der Waals surface area (Å²) < 4.78 is 113. The van der Waals surface area contributed by atoms with E-state index >= 15 is 0 Å². The van der Waals surface area contributed by atoms with Crippen molar-refractivity contribution in [2.75, 3.05) is 55.0 Å². The highest BCUT2D eigenvalue weighted by molar-refractivity contribution is 6.06. The summed E-state index contributed by atoms with van der Waals surface area (Å²) in [4.78, 5) is 44.6. The number of carbonyl (C=O) groups excluding carboxylic acids is 2. The molecule has 2 atom stereocenters. The van der Waals surface area contributed by atoms with Crippen LogP contribution in [0.5, 0.6) is 0 Å². The van der Waals surface area contributed by atoms with Gasteiger partial charge in [-0.3, -0.25) is 14.4 Å². The highest BCUT2D eigenvalue weighted by Gasteiger charge is 2.47. The number of amides is 2. The molecule has 0 unspecified atom stereocenters. The van der Waals surface area contributed by atoms with Crippen LogP contribution in [0.2, 0.25) is 0 Å². The Bertz CT molecular complexity index is 1430. The van der Waals surface area contributed by atoms with Gasteiger partial charge in [0.2, 0.25) is 5.91 Å². The molecule has 2 aliphatic rings. The van der Waals surface area contributed by atoms with E-state index in [1.54, 1.807) is 5.10 Å². The molecule has 1 fully saturated rings. The third-order valence-electron chi connectivity index (χ3n) is 6.92. The highest BCUT2D eigenvalue weighted by Crippen LogP contribution is 2.47. The van der Waals surface area contributed by atoms with E-state index in [9.17, 15) is 49.5 Å². The van der Waals surface area contributed by atoms with Gasteiger partial charge in [-0.05, 0) is 6.92 Å². The van der Waals surface area contributed by atoms with Gasteiger partial charge >= 0.3 is 12.4 Å². The average molecular weight is 627 g/mol. The number of nitrogens with zero attached hydrogens (tertiary/aromatic N) is 5. The number of rotatable bonds is 8. The third kappa shape index (κ3) is 6.50. The van der Waals surface area contributed by atoms with Gasteiger partial charge < -0.3 is 24.8 Å². The molecule has 0 spiro atoms. The van der Waals surface area contributed by atoms with Crippen LogP contribution in [0, 0.1) is 0 Å². The smallest absolute Gasteiger partial charge is 0.379 e. The second-order valence-corrected chi connectivity index (χ2v) is 9.86. The van der Waals surface area contributed by atoms with E-state index in [0.29, 0.717) is 11.1 Å². The van der Waals surface area contributed by atoms with Crippen molar-refractivity contribution in [3.63, 3.8) is 0 Å². The number of pyridine rings is 1. The summed E-state index contributed by atoms with van der Waals surface area (Å²) in [5.74, 6) is -1.47. The van der Waals surface area contributed by atoms with Gasteiger partial charge in [0.15, 0.2) is 5.82 Å². The Labute approximate surface area is 237 Å². The van der Waals surface area contributed by atoms with Crippen molar-refractivity contribution in [2.24, 2.45) is 0 Å². The maximum Gasteiger partial charge on any atom is 0.423 e. The molecule has 43 heavy (non-hydrogen) atoms. The monoisotopic (exact) mass is 627 g/mol. The lowest BCUT2D eigenvalue weighted by Gasteiger charge is -2.47. The lowest BCUT2D eigenvalue weighted by atomic mass is 10.0. The first-order valence-electron chi connectivity index (χ1n) is 12.7. The van der Waals surface area contributed by atoms with Crippen molar-refractivity contribution in [3.05, 3.63) is 39.4 Å². The fraction of sp³-hybridized carbons (Fsp3) is 0.542. The fourth-order valence-electron chi connectivity index (χ4n) is 4.97. The number of halogens is 8. The number of likely N-dealkylation sites (N-methyl/N-ethyl adjacent to an activating group) is 1. The van der Waals surface area contributed by atoms with Crippen LogP contribution in [-0.4, -0.2) is 83.9 Å². The molecule has 2 aromatic rings. The molecule has 2 aromatic heterocycles. The predicted octanol–water partition coefficient (Wildman–Crippen LogP) is 3.04. The molecule has 2 aliphatic heterocycles. The van der Waals surface area contributed by atoms with Gasteiger partial charge in [-0.25, -0.2) is 18.9 Å². The zero-order valence-corrected chi connectivity index (χ0v) is 22.5. The molecule has 1 saturated heterocycles. The van der Waals surface area contributed by atoms with Gasteiger partial charge in [0.25, 0.3) is 17.9 Å². The lowest BCUT2D eigenvalue weighted by molar-refractivity contribution is -0.140. The number of aromatic nitrogens is 3. The summed E-state index contributed by atoms with van der Waals surface area (Å²) in [6.45, 7) is 0.930. The Morgan fingerprint density at radius 2 is 1.84 bits per heavy atom. The van der Waals surface area contributed by atoms with Crippen LogP contribution >= 0.6 is 0 Å². The quantitative estimate of drug-likeness (QED) is 0.339. The molecule has 0 saturated carbocycles. The van der Waals surface area contributed by atoms with Crippen molar-refractivity contribution in [2.45, 2.75) is 44.2 Å². The second kappa shape index (κ2) is 11.9. The summed E-state index contributed by atoms with van der Waals surface area (Å²) in [5.41, 5.74) is -7.05. The number of alkyl halides is 8. The number of hydrogen-bond acceptors (Lipinski definition) is 8. The van der Waals surface area contributed by atoms with Gasteiger partial charge in [0, 0.05) is 32.4 Å². The van der Waals surface area contributed by atoms with E-state index in [1.165, 1.54) is 16.7 Å². The van der Waals surface area contributed by atoms with Gasteiger partial charge in [-0.2, -0.15) is 31.4 Å². The minimum absolute atomic E-state index is 0.00616. The Balaban J connectivity index is 1.36. The number of hydrogen-bond donors (Lipinski definition) is 2. The molecular formula is C24H25F8N7O4. The molecule has 4 heterocycles. The van der Waals surface area contributed by atoms with Crippen LogP contribution in [0.4, 0.5) is 52.3 Å². The molecule has 236 valence electrons. The van der Waals surface area contributed by atoms with Gasteiger partial charge in [-0.1, -0.05) is 0 Å². The van der Waals surface area contributed by atoms with E-state index in [-0.39, 0.29) is 45.1 Å². The van der Waals surface area contributed by atoms with E-state index in [1.807, 2.05) is 0 Å². The van der Waals surface area contributed by atoms with Crippen molar-refractivity contribution in [1.82, 2.24) is 20.1 Å². The minimum atomic E-state index is -5.13. The molecule has 0 aliphatic carbocycles. The van der Waals surface area contributed by atoms with Gasteiger partial charge in [0.1, 0.15) is 11.6 Å². The fourth-order valence-corrected chi connectivity index (χ4v) is 4.97. The SMILES string of the molecule is C[C@@H](COCCC(=O)N1CCN2c3ncc(C(F)(F)F)c(C(F)F)c3N(C)C(=O)[C@@H]2C1)Nc1cn[nH]c(=O)c1C(F)(F)F. The van der Waals surface area contributed by atoms with Crippen LogP contribution in [0.15, 0.2) is 17.2 Å². The minimum Gasteiger partial charge on any atom is -0.379 e. The molecule has 11 nitrogen and oxygen atoms in total. The number of piperazine rings is 1.